The van der Waals surface area contributed by atoms with Gasteiger partial charge >= 0.3 is 0 Å². The molecule has 0 aliphatic rings. The second kappa shape index (κ2) is 6.60. The Labute approximate surface area is 134 Å². The number of aryl methyl sites for hydroxylation is 1. The van der Waals surface area contributed by atoms with Crippen molar-refractivity contribution in [1.82, 2.24) is 24.6 Å². The molecule has 0 radical (unpaired) electrons. The average molecular weight is 324 g/mol. The minimum absolute atomic E-state index is 0. The molecule has 0 fully saturated rings. The van der Waals surface area contributed by atoms with E-state index in [9.17, 15) is 0 Å². The van der Waals surface area contributed by atoms with E-state index in [-0.39, 0.29) is 12.4 Å². The Morgan fingerprint density at radius 2 is 1.95 bits per heavy atom. The number of halogens is 1. The summed E-state index contributed by atoms with van der Waals surface area (Å²) >= 11 is 1.64. The number of hydrogen-bond donors (Lipinski definition) is 0. The molecule has 0 bridgehead atoms. The van der Waals surface area contributed by atoms with Gasteiger partial charge in [-0.1, -0.05) is 30.0 Å². The molecular weight excluding hydrogens is 306 g/mol. The van der Waals surface area contributed by atoms with Gasteiger partial charge in [-0.05, 0) is 20.2 Å². The molecule has 0 N–H and O–H groups in total. The quantitative estimate of drug-likeness (QED) is 0.691. The lowest BCUT2D eigenvalue weighted by Crippen LogP contribution is -2.15. The maximum atomic E-state index is 4.64. The SMILES string of the molecule is CN(C)CCSc1nnc2c3ccccc3n(C)c2n1.Cl. The first-order valence-electron chi connectivity index (χ1n) is 6.52. The lowest BCUT2D eigenvalue weighted by Gasteiger charge is -2.07. The van der Waals surface area contributed by atoms with Crippen LogP contribution in [0.3, 0.4) is 0 Å². The van der Waals surface area contributed by atoms with Gasteiger partial charge in [-0.2, -0.15) is 0 Å². The number of nitrogens with zero attached hydrogens (tertiary/aromatic N) is 5. The zero-order chi connectivity index (χ0) is 14.1. The van der Waals surface area contributed by atoms with Crippen molar-refractivity contribution in [2.24, 2.45) is 7.05 Å². The number of benzene rings is 1. The Balaban J connectivity index is 0.00000161. The second-order valence-corrected chi connectivity index (χ2v) is 6.06. The summed E-state index contributed by atoms with van der Waals surface area (Å²) in [4.78, 5) is 6.79. The van der Waals surface area contributed by atoms with E-state index in [2.05, 4.69) is 50.9 Å². The number of aromatic nitrogens is 4. The number of para-hydroxylation sites is 1. The average Bonchev–Trinajstić information content (AvgIpc) is 2.73. The monoisotopic (exact) mass is 323 g/mol. The molecule has 3 rings (SSSR count). The van der Waals surface area contributed by atoms with Crippen LogP contribution in [0.5, 0.6) is 0 Å². The van der Waals surface area contributed by atoms with Gasteiger partial charge in [0.1, 0.15) is 5.52 Å². The molecule has 0 amide bonds. The van der Waals surface area contributed by atoms with Crippen molar-refractivity contribution in [2.45, 2.75) is 5.16 Å². The highest BCUT2D eigenvalue weighted by Gasteiger charge is 2.12. The molecule has 7 heteroatoms. The fraction of sp³-hybridized carbons (Fsp3) is 0.357. The molecule has 0 spiro atoms. The van der Waals surface area contributed by atoms with E-state index in [0.29, 0.717) is 0 Å². The van der Waals surface area contributed by atoms with E-state index < -0.39 is 0 Å². The topological polar surface area (TPSA) is 46.8 Å². The first-order chi connectivity index (χ1) is 9.66. The highest BCUT2D eigenvalue weighted by molar-refractivity contribution is 7.99. The molecule has 21 heavy (non-hydrogen) atoms. The van der Waals surface area contributed by atoms with Gasteiger partial charge in [0.05, 0.1) is 5.52 Å². The summed E-state index contributed by atoms with van der Waals surface area (Å²) in [6.45, 7) is 1.00. The largest absolute Gasteiger partial charge is 0.327 e. The summed E-state index contributed by atoms with van der Waals surface area (Å²) in [5.41, 5.74) is 2.91. The van der Waals surface area contributed by atoms with Crippen LogP contribution in [0.2, 0.25) is 0 Å². The molecule has 0 atom stereocenters. The van der Waals surface area contributed by atoms with Crippen molar-refractivity contribution in [1.29, 1.82) is 0 Å². The summed E-state index contributed by atoms with van der Waals surface area (Å²) in [5, 5.41) is 10.4. The number of fused-ring (bicyclic) bond motifs is 3. The van der Waals surface area contributed by atoms with E-state index in [1.807, 2.05) is 19.2 Å². The minimum atomic E-state index is 0. The second-order valence-electron chi connectivity index (χ2n) is 4.99. The Kier molecular flexibility index (Phi) is 5.03. The molecule has 0 unspecified atom stereocenters. The zero-order valence-electron chi connectivity index (χ0n) is 12.3. The van der Waals surface area contributed by atoms with Crippen LogP contribution in [0.1, 0.15) is 0 Å². The van der Waals surface area contributed by atoms with Crippen LogP contribution >= 0.6 is 24.2 Å². The molecular formula is C14H18ClN5S. The minimum Gasteiger partial charge on any atom is -0.327 e. The summed E-state index contributed by atoms with van der Waals surface area (Å²) < 4.78 is 2.08. The molecule has 0 aliphatic carbocycles. The standard InChI is InChI=1S/C14H17N5S.ClH/c1-18(2)8-9-20-14-15-13-12(16-17-14)10-6-4-5-7-11(10)19(13)3;/h4-7H,8-9H2,1-3H3;1H. The Morgan fingerprint density at radius 1 is 1.19 bits per heavy atom. The van der Waals surface area contributed by atoms with Gasteiger partial charge in [0, 0.05) is 24.7 Å². The van der Waals surface area contributed by atoms with Crippen molar-refractivity contribution >= 4 is 46.2 Å². The van der Waals surface area contributed by atoms with Crippen LogP contribution < -0.4 is 0 Å². The first-order valence-corrected chi connectivity index (χ1v) is 7.51. The maximum absolute atomic E-state index is 4.64. The number of hydrogen-bond acceptors (Lipinski definition) is 5. The lowest BCUT2D eigenvalue weighted by molar-refractivity contribution is 0.437. The van der Waals surface area contributed by atoms with Crippen molar-refractivity contribution in [3.63, 3.8) is 0 Å². The van der Waals surface area contributed by atoms with Crippen molar-refractivity contribution in [3.05, 3.63) is 24.3 Å². The van der Waals surface area contributed by atoms with Gasteiger partial charge in [0.15, 0.2) is 5.65 Å². The van der Waals surface area contributed by atoms with Gasteiger partial charge in [-0.15, -0.1) is 22.6 Å². The van der Waals surface area contributed by atoms with E-state index in [4.69, 9.17) is 0 Å². The Hall–Kier alpha value is -1.37. The van der Waals surface area contributed by atoms with Crippen LogP contribution in [0.4, 0.5) is 0 Å². The van der Waals surface area contributed by atoms with Crippen LogP contribution in [0, 0.1) is 0 Å². The van der Waals surface area contributed by atoms with E-state index in [1.54, 1.807) is 11.8 Å². The third kappa shape index (κ3) is 3.12. The van der Waals surface area contributed by atoms with Crippen LogP contribution in [-0.4, -0.2) is 51.0 Å². The Bertz CT molecular complexity index is 756. The fourth-order valence-electron chi connectivity index (χ4n) is 2.17. The highest BCUT2D eigenvalue weighted by atomic mass is 35.5. The molecule has 0 saturated carbocycles. The van der Waals surface area contributed by atoms with Crippen molar-refractivity contribution < 1.29 is 0 Å². The van der Waals surface area contributed by atoms with E-state index in [1.165, 1.54) is 0 Å². The van der Waals surface area contributed by atoms with Gasteiger partial charge in [0.2, 0.25) is 5.16 Å². The van der Waals surface area contributed by atoms with Gasteiger partial charge in [-0.25, -0.2) is 4.98 Å². The molecule has 112 valence electrons. The van der Waals surface area contributed by atoms with E-state index in [0.717, 1.165) is 39.5 Å². The van der Waals surface area contributed by atoms with Crippen LogP contribution in [0.25, 0.3) is 22.1 Å². The molecule has 2 aromatic heterocycles. The summed E-state index contributed by atoms with van der Waals surface area (Å²) in [6, 6.07) is 8.19. The summed E-state index contributed by atoms with van der Waals surface area (Å²) in [7, 11) is 6.15. The molecule has 2 heterocycles. The predicted octanol–water partition coefficient (Wildman–Crippen LogP) is 2.59. The van der Waals surface area contributed by atoms with Crippen LogP contribution in [0.15, 0.2) is 29.4 Å². The normalized spacial score (nSPS) is 11.2. The van der Waals surface area contributed by atoms with Crippen molar-refractivity contribution in [3.8, 4) is 0 Å². The third-order valence-corrected chi connectivity index (χ3v) is 4.07. The number of thioether (sulfide) groups is 1. The Morgan fingerprint density at radius 3 is 2.71 bits per heavy atom. The smallest absolute Gasteiger partial charge is 0.211 e. The lowest BCUT2D eigenvalue weighted by atomic mass is 10.2. The fourth-order valence-corrected chi connectivity index (χ4v) is 3.06. The molecule has 5 nitrogen and oxygen atoms in total. The molecule has 3 aromatic rings. The predicted molar refractivity (Wildman–Crippen MR) is 90.3 cm³/mol. The van der Waals surface area contributed by atoms with Crippen molar-refractivity contribution in [2.75, 3.05) is 26.4 Å². The summed E-state index contributed by atoms with van der Waals surface area (Å²) in [5.74, 6) is 0.962. The first kappa shape index (κ1) is 16.0. The maximum Gasteiger partial charge on any atom is 0.211 e. The van der Waals surface area contributed by atoms with Gasteiger partial charge < -0.3 is 9.47 Å². The van der Waals surface area contributed by atoms with Gasteiger partial charge in [-0.3, -0.25) is 0 Å². The van der Waals surface area contributed by atoms with E-state index >= 15 is 0 Å². The molecule has 1 aromatic carbocycles. The zero-order valence-corrected chi connectivity index (χ0v) is 13.9. The third-order valence-electron chi connectivity index (χ3n) is 3.26. The summed E-state index contributed by atoms with van der Waals surface area (Å²) in [6.07, 6.45) is 0. The molecule has 0 aliphatic heterocycles. The number of rotatable bonds is 4. The van der Waals surface area contributed by atoms with Crippen LogP contribution in [-0.2, 0) is 7.05 Å². The van der Waals surface area contributed by atoms with Gasteiger partial charge in [0.25, 0.3) is 0 Å². The highest BCUT2D eigenvalue weighted by Crippen LogP contribution is 2.25. The molecule has 0 saturated heterocycles.